The molecule has 1 nitrogen and oxygen atoms in total. The van der Waals surface area contributed by atoms with Gasteiger partial charge in [-0.1, -0.05) is 22.0 Å². The molecule has 0 fully saturated rings. The Bertz CT molecular complexity index is 347. The highest BCUT2D eigenvalue weighted by Gasteiger charge is 2.13. The average molecular weight is 268 g/mol. The van der Waals surface area contributed by atoms with Crippen LogP contribution in [-0.2, 0) is 19.3 Å². The van der Waals surface area contributed by atoms with E-state index in [2.05, 4.69) is 28.1 Å². The first-order valence-corrected chi connectivity index (χ1v) is 6.61. The van der Waals surface area contributed by atoms with Crippen LogP contribution >= 0.6 is 15.9 Å². The molecule has 0 bridgehead atoms. The van der Waals surface area contributed by atoms with Crippen LogP contribution in [0.2, 0.25) is 0 Å². The molecule has 0 aromatic heterocycles. The number of rotatable bonds is 3. The lowest BCUT2D eigenvalue weighted by Crippen LogP contribution is -2.06. The monoisotopic (exact) mass is 267 g/mol. The Morgan fingerprint density at radius 1 is 1.20 bits per heavy atom. The van der Waals surface area contributed by atoms with Gasteiger partial charge in [0.05, 0.1) is 0 Å². The van der Waals surface area contributed by atoms with Crippen LogP contribution in [0.15, 0.2) is 16.6 Å². The molecule has 0 spiro atoms. The van der Waals surface area contributed by atoms with Gasteiger partial charge in [-0.2, -0.15) is 0 Å². The highest BCUT2D eigenvalue weighted by atomic mass is 79.9. The maximum absolute atomic E-state index is 5.54. The Hall–Kier alpha value is -0.340. The molecular weight excluding hydrogens is 250 g/mol. The third-order valence-corrected chi connectivity index (χ3v) is 3.85. The highest BCUT2D eigenvalue weighted by Crippen LogP contribution is 2.29. The first-order chi connectivity index (χ1) is 7.31. The smallest absolute Gasteiger partial charge is 0.0212 e. The van der Waals surface area contributed by atoms with Crippen molar-refractivity contribution >= 4 is 15.9 Å². The standard InChI is InChI=1S/C13H18BrN/c14-13-9-10(4-3-7-15)8-11-5-1-2-6-12(11)13/h8-9H,1-7,15H2. The number of hydrogen-bond acceptors (Lipinski definition) is 1. The molecular formula is C13H18BrN. The fraction of sp³-hybridized carbons (Fsp3) is 0.538. The fourth-order valence-corrected chi connectivity index (χ4v) is 3.07. The van der Waals surface area contributed by atoms with Crippen LogP contribution in [0.4, 0.5) is 0 Å². The summed E-state index contributed by atoms with van der Waals surface area (Å²) >= 11 is 3.69. The van der Waals surface area contributed by atoms with Gasteiger partial charge in [-0.05, 0) is 67.8 Å². The maximum atomic E-state index is 5.54. The summed E-state index contributed by atoms with van der Waals surface area (Å²) in [4.78, 5) is 0. The number of benzene rings is 1. The van der Waals surface area contributed by atoms with Crippen molar-refractivity contribution in [2.75, 3.05) is 6.54 Å². The van der Waals surface area contributed by atoms with Crippen LogP contribution in [0, 0.1) is 0 Å². The predicted molar refractivity (Wildman–Crippen MR) is 68.2 cm³/mol. The third-order valence-electron chi connectivity index (χ3n) is 3.14. The Kier molecular flexibility index (Phi) is 3.81. The molecule has 0 amide bonds. The molecule has 1 aromatic carbocycles. The van der Waals surface area contributed by atoms with Gasteiger partial charge in [0.15, 0.2) is 0 Å². The lowest BCUT2D eigenvalue weighted by molar-refractivity contribution is 0.680. The molecule has 0 atom stereocenters. The van der Waals surface area contributed by atoms with Crippen molar-refractivity contribution in [1.82, 2.24) is 0 Å². The molecule has 15 heavy (non-hydrogen) atoms. The van der Waals surface area contributed by atoms with Gasteiger partial charge < -0.3 is 5.73 Å². The molecule has 0 saturated carbocycles. The van der Waals surface area contributed by atoms with E-state index in [1.165, 1.54) is 41.3 Å². The number of nitrogens with two attached hydrogens (primary N) is 1. The number of aryl methyl sites for hydroxylation is 2. The van der Waals surface area contributed by atoms with Crippen molar-refractivity contribution < 1.29 is 0 Å². The van der Waals surface area contributed by atoms with E-state index in [4.69, 9.17) is 5.73 Å². The quantitative estimate of drug-likeness (QED) is 0.895. The molecule has 82 valence electrons. The van der Waals surface area contributed by atoms with E-state index in [9.17, 15) is 0 Å². The zero-order valence-electron chi connectivity index (χ0n) is 9.06. The first kappa shape index (κ1) is 11.2. The van der Waals surface area contributed by atoms with Gasteiger partial charge in [0.2, 0.25) is 0 Å². The van der Waals surface area contributed by atoms with Crippen molar-refractivity contribution in [3.63, 3.8) is 0 Å². The normalized spacial score (nSPS) is 15.1. The van der Waals surface area contributed by atoms with Gasteiger partial charge in [0.1, 0.15) is 0 Å². The Balaban J connectivity index is 2.24. The second-order valence-electron chi connectivity index (χ2n) is 4.31. The van der Waals surface area contributed by atoms with Gasteiger partial charge in [0.25, 0.3) is 0 Å². The van der Waals surface area contributed by atoms with E-state index >= 15 is 0 Å². The molecule has 1 aliphatic carbocycles. The molecule has 0 aliphatic heterocycles. The molecule has 0 heterocycles. The van der Waals surface area contributed by atoms with E-state index in [0.29, 0.717) is 0 Å². The van der Waals surface area contributed by atoms with Crippen LogP contribution in [0.3, 0.4) is 0 Å². The molecule has 0 unspecified atom stereocenters. The van der Waals surface area contributed by atoms with Crippen molar-refractivity contribution in [2.24, 2.45) is 5.73 Å². The number of hydrogen-bond donors (Lipinski definition) is 1. The molecule has 2 rings (SSSR count). The van der Waals surface area contributed by atoms with E-state index in [-0.39, 0.29) is 0 Å². The van der Waals surface area contributed by atoms with E-state index < -0.39 is 0 Å². The van der Waals surface area contributed by atoms with Crippen molar-refractivity contribution in [2.45, 2.75) is 38.5 Å². The summed E-state index contributed by atoms with van der Waals surface area (Å²) in [5.74, 6) is 0. The largest absolute Gasteiger partial charge is 0.330 e. The second kappa shape index (κ2) is 5.13. The average Bonchev–Trinajstić information content (AvgIpc) is 2.26. The predicted octanol–water partition coefficient (Wildman–Crippen LogP) is 3.22. The Morgan fingerprint density at radius 3 is 2.80 bits per heavy atom. The second-order valence-corrected chi connectivity index (χ2v) is 5.17. The van der Waals surface area contributed by atoms with Crippen LogP contribution in [0.25, 0.3) is 0 Å². The topological polar surface area (TPSA) is 26.0 Å². The molecule has 0 saturated heterocycles. The first-order valence-electron chi connectivity index (χ1n) is 5.81. The summed E-state index contributed by atoms with van der Waals surface area (Å²) in [5, 5.41) is 0. The summed E-state index contributed by atoms with van der Waals surface area (Å²) in [5.41, 5.74) is 10.1. The minimum Gasteiger partial charge on any atom is -0.330 e. The van der Waals surface area contributed by atoms with Crippen LogP contribution in [0.1, 0.15) is 36.0 Å². The Labute approximate surface area is 100 Å². The molecule has 1 aliphatic rings. The zero-order chi connectivity index (χ0) is 10.7. The lowest BCUT2D eigenvalue weighted by Gasteiger charge is -2.18. The Morgan fingerprint density at radius 2 is 2.00 bits per heavy atom. The van der Waals surface area contributed by atoms with E-state index in [1.54, 1.807) is 5.56 Å². The SMILES string of the molecule is NCCCc1cc(Br)c2c(c1)CCCC2. The summed E-state index contributed by atoms with van der Waals surface area (Å²) in [6.07, 6.45) is 7.39. The van der Waals surface area contributed by atoms with Crippen molar-refractivity contribution in [3.05, 3.63) is 33.3 Å². The maximum Gasteiger partial charge on any atom is 0.0212 e. The van der Waals surface area contributed by atoms with Crippen LogP contribution in [-0.4, -0.2) is 6.54 Å². The highest BCUT2D eigenvalue weighted by molar-refractivity contribution is 9.10. The summed E-state index contributed by atoms with van der Waals surface area (Å²) in [6, 6.07) is 4.66. The molecule has 1 aromatic rings. The molecule has 2 heteroatoms. The van der Waals surface area contributed by atoms with E-state index in [1.807, 2.05) is 0 Å². The van der Waals surface area contributed by atoms with Gasteiger partial charge in [0, 0.05) is 4.47 Å². The van der Waals surface area contributed by atoms with Gasteiger partial charge >= 0.3 is 0 Å². The molecule has 2 N–H and O–H groups in total. The minimum absolute atomic E-state index is 0.786. The number of fused-ring (bicyclic) bond motifs is 1. The molecule has 0 radical (unpaired) electrons. The van der Waals surface area contributed by atoms with Crippen LogP contribution in [0.5, 0.6) is 0 Å². The summed E-state index contributed by atoms with van der Waals surface area (Å²) < 4.78 is 1.31. The van der Waals surface area contributed by atoms with Crippen molar-refractivity contribution in [1.29, 1.82) is 0 Å². The van der Waals surface area contributed by atoms with Gasteiger partial charge in [-0.3, -0.25) is 0 Å². The van der Waals surface area contributed by atoms with Crippen LogP contribution < -0.4 is 5.73 Å². The third kappa shape index (κ3) is 2.61. The summed E-state index contributed by atoms with van der Waals surface area (Å²) in [6.45, 7) is 0.786. The number of halogens is 1. The summed E-state index contributed by atoms with van der Waals surface area (Å²) in [7, 11) is 0. The zero-order valence-corrected chi connectivity index (χ0v) is 10.6. The fourth-order valence-electron chi connectivity index (χ4n) is 2.33. The van der Waals surface area contributed by atoms with Crippen molar-refractivity contribution in [3.8, 4) is 0 Å². The van der Waals surface area contributed by atoms with Gasteiger partial charge in [-0.15, -0.1) is 0 Å². The lowest BCUT2D eigenvalue weighted by atomic mass is 9.90. The van der Waals surface area contributed by atoms with E-state index in [0.717, 1.165) is 19.4 Å². The minimum atomic E-state index is 0.786. The van der Waals surface area contributed by atoms with Gasteiger partial charge in [-0.25, -0.2) is 0 Å².